The molecule has 0 radical (unpaired) electrons. The van der Waals surface area contributed by atoms with Crippen LogP contribution in [0.1, 0.15) is 18.4 Å². The molecular formula is C15H23N3O5S2. The van der Waals surface area contributed by atoms with Gasteiger partial charge in [-0.2, -0.15) is 0 Å². The minimum Gasteiger partial charge on any atom is -0.309 e. The Balaban J connectivity index is 2.28. The minimum absolute atomic E-state index is 0.0234. The summed E-state index contributed by atoms with van der Waals surface area (Å²) >= 11 is 0. The fourth-order valence-electron chi connectivity index (χ4n) is 2.55. The van der Waals surface area contributed by atoms with Crippen LogP contribution in [-0.2, 0) is 24.8 Å². The van der Waals surface area contributed by atoms with Crippen LogP contribution in [0.3, 0.4) is 0 Å². The average Bonchev–Trinajstić information content (AvgIpc) is 2.78. The molecule has 1 saturated heterocycles. The molecule has 2 rings (SSSR count). The highest BCUT2D eigenvalue weighted by atomic mass is 32.2. The van der Waals surface area contributed by atoms with Gasteiger partial charge in [-0.1, -0.05) is 6.07 Å². The van der Waals surface area contributed by atoms with E-state index in [1.807, 2.05) is 19.0 Å². The van der Waals surface area contributed by atoms with E-state index in [0.29, 0.717) is 16.3 Å². The van der Waals surface area contributed by atoms with Crippen LogP contribution in [0, 0.1) is 6.92 Å². The lowest BCUT2D eigenvalue weighted by Crippen LogP contribution is -2.30. The molecular weight excluding hydrogens is 366 g/mol. The number of sulfonamides is 2. The molecule has 0 spiro atoms. The van der Waals surface area contributed by atoms with E-state index in [1.165, 1.54) is 18.2 Å². The van der Waals surface area contributed by atoms with Crippen molar-refractivity contribution >= 4 is 31.6 Å². The number of carbonyl (C=O) groups excluding carboxylic acids is 1. The zero-order chi connectivity index (χ0) is 18.8. The number of benzene rings is 1. The summed E-state index contributed by atoms with van der Waals surface area (Å²) in [6.07, 6.45) is 0.547. The third-order valence-corrected chi connectivity index (χ3v) is 7.14. The van der Waals surface area contributed by atoms with Crippen molar-refractivity contribution < 1.29 is 21.6 Å². The molecule has 140 valence electrons. The van der Waals surface area contributed by atoms with Crippen LogP contribution >= 0.6 is 0 Å². The van der Waals surface area contributed by atoms with Gasteiger partial charge in [0.2, 0.25) is 26.0 Å². The fraction of sp³-hybridized carbons (Fsp3) is 0.533. The predicted molar refractivity (Wildman–Crippen MR) is 95.4 cm³/mol. The molecule has 1 aliphatic heterocycles. The first-order valence-electron chi connectivity index (χ1n) is 7.85. The van der Waals surface area contributed by atoms with Crippen LogP contribution < -0.4 is 9.03 Å². The standard InChI is InChI=1S/C15H23N3O5S2/c1-12-5-6-13(18-15(19)7-10-24(18,20)21)11-14(12)25(22,23)16-8-4-9-17(2)3/h5-6,11,16H,4,7-10H2,1-3H3. The highest BCUT2D eigenvalue weighted by Crippen LogP contribution is 2.28. The van der Waals surface area contributed by atoms with Gasteiger partial charge in [0.1, 0.15) is 0 Å². The maximum Gasteiger partial charge on any atom is 0.242 e. The Morgan fingerprint density at radius 1 is 1.28 bits per heavy atom. The number of amides is 1. The maximum absolute atomic E-state index is 12.5. The molecule has 1 aliphatic rings. The normalized spacial score (nSPS) is 17.4. The smallest absolute Gasteiger partial charge is 0.242 e. The van der Waals surface area contributed by atoms with Crippen molar-refractivity contribution in [3.63, 3.8) is 0 Å². The SMILES string of the molecule is Cc1ccc(N2C(=O)CCS2(=O)=O)cc1S(=O)(=O)NCCCN(C)C. The minimum atomic E-state index is -3.80. The van der Waals surface area contributed by atoms with E-state index >= 15 is 0 Å². The van der Waals surface area contributed by atoms with Crippen LogP contribution in [-0.4, -0.2) is 60.6 Å². The summed E-state index contributed by atoms with van der Waals surface area (Å²) in [6, 6.07) is 4.19. The highest BCUT2D eigenvalue weighted by Gasteiger charge is 2.36. The lowest BCUT2D eigenvalue weighted by Gasteiger charge is -2.17. The van der Waals surface area contributed by atoms with Crippen molar-refractivity contribution in [1.82, 2.24) is 9.62 Å². The van der Waals surface area contributed by atoms with Crippen LogP contribution in [0.2, 0.25) is 0 Å². The van der Waals surface area contributed by atoms with E-state index < -0.39 is 26.0 Å². The molecule has 1 aromatic carbocycles. The van der Waals surface area contributed by atoms with Crippen LogP contribution in [0.5, 0.6) is 0 Å². The van der Waals surface area contributed by atoms with Crippen LogP contribution in [0.15, 0.2) is 23.1 Å². The second-order valence-corrected chi connectivity index (χ2v) is 9.90. The summed E-state index contributed by atoms with van der Waals surface area (Å²) in [5, 5.41) is 0. The van der Waals surface area contributed by atoms with Gasteiger partial charge in [-0.25, -0.2) is 25.9 Å². The summed E-state index contributed by atoms with van der Waals surface area (Å²) in [7, 11) is -3.73. The molecule has 1 aromatic rings. The van der Waals surface area contributed by atoms with E-state index in [4.69, 9.17) is 0 Å². The summed E-state index contributed by atoms with van der Waals surface area (Å²) in [6.45, 7) is 2.63. The monoisotopic (exact) mass is 389 g/mol. The molecule has 10 heteroatoms. The molecule has 1 N–H and O–H groups in total. The van der Waals surface area contributed by atoms with Gasteiger partial charge in [-0.3, -0.25) is 4.79 Å². The highest BCUT2D eigenvalue weighted by molar-refractivity contribution is 7.94. The predicted octanol–water partition coefficient (Wildman–Crippen LogP) is 0.292. The van der Waals surface area contributed by atoms with E-state index in [9.17, 15) is 21.6 Å². The second kappa shape index (κ2) is 7.40. The zero-order valence-electron chi connectivity index (χ0n) is 14.5. The first kappa shape index (κ1) is 19.8. The molecule has 1 amide bonds. The topological polar surface area (TPSA) is 104 Å². The Morgan fingerprint density at radius 2 is 1.96 bits per heavy atom. The number of carbonyl (C=O) groups is 1. The van der Waals surface area contributed by atoms with Crippen LogP contribution in [0.4, 0.5) is 5.69 Å². The van der Waals surface area contributed by atoms with Crippen molar-refractivity contribution in [1.29, 1.82) is 0 Å². The molecule has 0 aliphatic carbocycles. The van der Waals surface area contributed by atoms with Gasteiger partial charge in [-0.15, -0.1) is 0 Å². The molecule has 0 bridgehead atoms. The van der Waals surface area contributed by atoms with E-state index in [1.54, 1.807) is 6.92 Å². The number of hydrogen-bond acceptors (Lipinski definition) is 6. The molecule has 1 fully saturated rings. The molecule has 1 heterocycles. The van der Waals surface area contributed by atoms with Gasteiger partial charge in [-0.05, 0) is 51.7 Å². The van der Waals surface area contributed by atoms with Crippen molar-refractivity contribution in [2.75, 3.05) is 37.2 Å². The van der Waals surface area contributed by atoms with Crippen molar-refractivity contribution in [2.45, 2.75) is 24.7 Å². The van der Waals surface area contributed by atoms with Gasteiger partial charge in [0, 0.05) is 13.0 Å². The summed E-state index contributed by atoms with van der Waals surface area (Å²) in [4.78, 5) is 13.8. The molecule has 25 heavy (non-hydrogen) atoms. The summed E-state index contributed by atoms with van der Waals surface area (Å²) < 4.78 is 52.3. The molecule has 0 saturated carbocycles. The quantitative estimate of drug-likeness (QED) is 0.673. The Hall–Kier alpha value is -1.49. The first-order valence-corrected chi connectivity index (χ1v) is 10.9. The molecule has 0 unspecified atom stereocenters. The van der Waals surface area contributed by atoms with Gasteiger partial charge in [0.05, 0.1) is 16.3 Å². The molecule has 0 aromatic heterocycles. The number of nitrogens with zero attached hydrogens (tertiary/aromatic N) is 2. The lowest BCUT2D eigenvalue weighted by atomic mass is 10.2. The largest absolute Gasteiger partial charge is 0.309 e. The van der Waals surface area contributed by atoms with Crippen molar-refractivity contribution in [3.05, 3.63) is 23.8 Å². The Morgan fingerprint density at radius 3 is 2.52 bits per heavy atom. The fourth-order valence-corrected chi connectivity index (χ4v) is 5.34. The van der Waals surface area contributed by atoms with Crippen molar-refractivity contribution in [3.8, 4) is 0 Å². The lowest BCUT2D eigenvalue weighted by molar-refractivity contribution is -0.116. The zero-order valence-corrected chi connectivity index (χ0v) is 16.2. The third kappa shape index (κ3) is 4.57. The second-order valence-electron chi connectivity index (χ2n) is 6.23. The Bertz CT molecular complexity index is 863. The Labute approximate surface area is 148 Å². The van der Waals surface area contributed by atoms with Gasteiger partial charge in [0.15, 0.2) is 0 Å². The summed E-state index contributed by atoms with van der Waals surface area (Å²) in [5.41, 5.74) is 0.537. The van der Waals surface area contributed by atoms with Crippen molar-refractivity contribution in [2.24, 2.45) is 0 Å². The molecule has 0 atom stereocenters. The van der Waals surface area contributed by atoms with E-state index in [0.717, 1.165) is 6.54 Å². The number of anilines is 1. The number of rotatable bonds is 7. The third-order valence-electron chi connectivity index (χ3n) is 3.85. The Kier molecular flexibility index (Phi) is 5.87. The number of hydrogen-bond donors (Lipinski definition) is 1. The van der Waals surface area contributed by atoms with Crippen LogP contribution in [0.25, 0.3) is 0 Å². The summed E-state index contributed by atoms with van der Waals surface area (Å²) in [5.74, 6) is -0.809. The molecule has 8 nitrogen and oxygen atoms in total. The maximum atomic E-state index is 12.5. The van der Waals surface area contributed by atoms with Gasteiger partial charge < -0.3 is 4.90 Å². The average molecular weight is 389 g/mol. The van der Waals surface area contributed by atoms with Gasteiger partial charge >= 0.3 is 0 Å². The van der Waals surface area contributed by atoms with E-state index in [-0.39, 0.29) is 29.3 Å². The number of aryl methyl sites for hydroxylation is 1. The number of nitrogens with one attached hydrogen (secondary N) is 1. The van der Waals surface area contributed by atoms with Gasteiger partial charge in [0.25, 0.3) is 0 Å². The van der Waals surface area contributed by atoms with E-state index in [2.05, 4.69) is 4.72 Å². The first-order chi connectivity index (χ1) is 11.5.